The molecule has 1 N–H and O–H groups in total. The topological polar surface area (TPSA) is 63.1 Å². The fourth-order valence-electron chi connectivity index (χ4n) is 0.981. The molecule has 0 aliphatic heterocycles. The van der Waals surface area contributed by atoms with Gasteiger partial charge in [0.1, 0.15) is 5.69 Å². The minimum absolute atomic E-state index is 0.0569. The molecule has 0 saturated heterocycles. The zero-order valence-electron chi connectivity index (χ0n) is 8.78. The average molecular weight is 266 g/mol. The van der Waals surface area contributed by atoms with Crippen molar-refractivity contribution < 1.29 is 23.1 Å². The first-order valence-electron chi connectivity index (χ1n) is 4.56. The number of hydrogen-bond acceptors (Lipinski definition) is 4. The highest BCUT2D eigenvalue weighted by Crippen LogP contribution is 2.29. The molecule has 8 heteroatoms. The zero-order valence-corrected chi connectivity index (χ0v) is 9.60. The van der Waals surface area contributed by atoms with Gasteiger partial charge < -0.3 is 5.11 Å². The molecule has 1 aromatic rings. The Morgan fingerprint density at radius 2 is 2.12 bits per heavy atom. The lowest BCUT2D eigenvalue weighted by atomic mass is 10.3. The third-order valence-corrected chi connectivity index (χ3v) is 2.52. The maximum absolute atomic E-state index is 12.4. The molecule has 0 aromatic carbocycles. The maximum Gasteiger partial charge on any atom is 0.433 e. The molecule has 1 aromatic heterocycles. The fraction of sp³-hybridized carbons (Fsp3) is 0.444. The smallest absolute Gasteiger partial charge is 0.433 e. The van der Waals surface area contributed by atoms with Crippen molar-refractivity contribution in [3.63, 3.8) is 0 Å². The van der Waals surface area contributed by atoms with Crippen molar-refractivity contribution >= 4 is 17.7 Å². The number of rotatable bonds is 4. The SMILES string of the molecule is Cc1cc(C(F)(F)F)nc(SCCC(=O)O)n1. The van der Waals surface area contributed by atoms with Gasteiger partial charge in [0.25, 0.3) is 0 Å². The lowest BCUT2D eigenvalue weighted by molar-refractivity contribution is -0.141. The number of nitrogens with zero attached hydrogens (tertiary/aromatic N) is 2. The van der Waals surface area contributed by atoms with E-state index in [9.17, 15) is 18.0 Å². The van der Waals surface area contributed by atoms with E-state index in [1.165, 1.54) is 6.92 Å². The summed E-state index contributed by atoms with van der Waals surface area (Å²) in [7, 11) is 0. The molecule has 0 aliphatic rings. The van der Waals surface area contributed by atoms with Gasteiger partial charge in [-0.15, -0.1) is 0 Å². The van der Waals surface area contributed by atoms with Gasteiger partial charge in [-0.1, -0.05) is 11.8 Å². The van der Waals surface area contributed by atoms with Crippen LogP contribution in [0.5, 0.6) is 0 Å². The number of aliphatic carboxylic acids is 1. The summed E-state index contributed by atoms with van der Waals surface area (Å²) in [5.41, 5.74) is -0.812. The van der Waals surface area contributed by atoms with E-state index in [-0.39, 0.29) is 23.0 Å². The quantitative estimate of drug-likeness (QED) is 0.669. The van der Waals surface area contributed by atoms with Gasteiger partial charge in [0, 0.05) is 11.4 Å². The first kappa shape index (κ1) is 13.8. The molecule has 0 unspecified atom stereocenters. The molecule has 0 amide bonds. The van der Waals surface area contributed by atoms with E-state index >= 15 is 0 Å². The van der Waals surface area contributed by atoms with Gasteiger partial charge in [-0.05, 0) is 13.0 Å². The molecule has 1 heterocycles. The van der Waals surface area contributed by atoms with Crippen molar-refractivity contribution in [3.8, 4) is 0 Å². The number of halogens is 3. The van der Waals surface area contributed by atoms with Crippen LogP contribution in [-0.4, -0.2) is 26.8 Å². The van der Waals surface area contributed by atoms with Gasteiger partial charge in [0.05, 0.1) is 6.42 Å². The molecule has 94 valence electrons. The van der Waals surface area contributed by atoms with Crippen LogP contribution in [0.15, 0.2) is 11.2 Å². The number of aromatic nitrogens is 2. The Labute approximate surface area is 99.3 Å². The van der Waals surface area contributed by atoms with E-state index in [0.29, 0.717) is 0 Å². The van der Waals surface area contributed by atoms with E-state index < -0.39 is 17.8 Å². The number of aryl methyl sites for hydroxylation is 1. The highest BCUT2D eigenvalue weighted by molar-refractivity contribution is 7.99. The average Bonchev–Trinajstić information content (AvgIpc) is 2.14. The molecule has 0 spiro atoms. The minimum Gasteiger partial charge on any atom is -0.481 e. The molecule has 17 heavy (non-hydrogen) atoms. The summed E-state index contributed by atoms with van der Waals surface area (Å²) in [4.78, 5) is 17.4. The molecule has 0 radical (unpaired) electrons. The van der Waals surface area contributed by atoms with Crippen LogP contribution in [0.2, 0.25) is 0 Å². The van der Waals surface area contributed by atoms with Crippen molar-refractivity contribution in [1.29, 1.82) is 0 Å². The number of thioether (sulfide) groups is 1. The summed E-state index contributed by atoms with van der Waals surface area (Å²) in [6, 6.07) is 0.848. The summed E-state index contributed by atoms with van der Waals surface area (Å²) >= 11 is 0.890. The fourth-order valence-corrected chi connectivity index (χ4v) is 1.81. The number of carboxylic acids is 1. The Morgan fingerprint density at radius 1 is 1.47 bits per heavy atom. The monoisotopic (exact) mass is 266 g/mol. The second kappa shape index (κ2) is 5.35. The Balaban J connectivity index is 2.79. The molecule has 0 aliphatic carbocycles. The van der Waals surface area contributed by atoms with Crippen LogP contribution in [-0.2, 0) is 11.0 Å². The molecule has 0 saturated carbocycles. The van der Waals surface area contributed by atoms with Crippen LogP contribution in [0.3, 0.4) is 0 Å². The number of carbonyl (C=O) groups is 1. The van der Waals surface area contributed by atoms with Gasteiger partial charge in [0.2, 0.25) is 0 Å². The van der Waals surface area contributed by atoms with Crippen molar-refractivity contribution in [2.45, 2.75) is 24.7 Å². The number of hydrogen-bond donors (Lipinski definition) is 1. The van der Waals surface area contributed by atoms with E-state index in [0.717, 1.165) is 17.8 Å². The van der Waals surface area contributed by atoms with Gasteiger partial charge in [-0.25, -0.2) is 9.97 Å². The largest absolute Gasteiger partial charge is 0.481 e. The van der Waals surface area contributed by atoms with Gasteiger partial charge in [-0.3, -0.25) is 4.79 Å². The second-order valence-electron chi connectivity index (χ2n) is 3.17. The van der Waals surface area contributed by atoms with E-state index in [1.807, 2.05) is 0 Å². The summed E-state index contributed by atoms with van der Waals surface area (Å²) in [5, 5.41) is 8.34. The lowest BCUT2D eigenvalue weighted by Gasteiger charge is -2.08. The van der Waals surface area contributed by atoms with Crippen molar-refractivity contribution in [2.24, 2.45) is 0 Å². The molecule has 0 fully saturated rings. The van der Waals surface area contributed by atoms with Crippen molar-refractivity contribution in [1.82, 2.24) is 9.97 Å². The summed E-state index contributed by atoms with van der Waals surface area (Å²) in [6.45, 7) is 1.43. The van der Waals surface area contributed by atoms with E-state index in [1.54, 1.807) is 0 Å². The van der Waals surface area contributed by atoms with E-state index in [2.05, 4.69) is 9.97 Å². The third-order valence-electron chi connectivity index (χ3n) is 1.67. The predicted octanol–water partition coefficient (Wildman–Crippen LogP) is 2.37. The van der Waals surface area contributed by atoms with Crippen LogP contribution >= 0.6 is 11.8 Å². The van der Waals surface area contributed by atoms with Crippen molar-refractivity contribution in [3.05, 3.63) is 17.5 Å². The normalized spacial score (nSPS) is 11.5. The van der Waals surface area contributed by atoms with Crippen LogP contribution < -0.4 is 0 Å². The lowest BCUT2D eigenvalue weighted by Crippen LogP contribution is -2.10. The highest BCUT2D eigenvalue weighted by Gasteiger charge is 2.33. The maximum atomic E-state index is 12.4. The third kappa shape index (κ3) is 4.59. The molecule has 4 nitrogen and oxygen atoms in total. The number of alkyl halides is 3. The number of carboxylic acid groups (broad SMARTS) is 1. The minimum atomic E-state index is -4.52. The molecule has 1 rings (SSSR count). The standard InChI is InChI=1S/C9H9F3N2O2S/c1-5-4-6(9(10,11)12)14-8(13-5)17-3-2-7(15)16/h4H,2-3H2,1H3,(H,15,16). The van der Waals surface area contributed by atoms with Gasteiger partial charge >= 0.3 is 12.1 Å². The molecule has 0 bridgehead atoms. The Bertz CT molecular complexity index is 423. The summed E-state index contributed by atoms with van der Waals surface area (Å²) < 4.78 is 37.2. The Hall–Kier alpha value is -1.31. The Morgan fingerprint density at radius 3 is 2.65 bits per heavy atom. The molecular formula is C9H9F3N2O2S. The Kier molecular flexibility index (Phi) is 4.33. The van der Waals surface area contributed by atoms with Gasteiger partial charge in [-0.2, -0.15) is 13.2 Å². The summed E-state index contributed by atoms with van der Waals surface area (Å²) in [5.74, 6) is -0.878. The molecule has 0 atom stereocenters. The van der Waals surface area contributed by atoms with Crippen LogP contribution in [0, 0.1) is 6.92 Å². The molecular weight excluding hydrogens is 257 g/mol. The van der Waals surface area contributed by atoms with E-state index in [4.69, 9.17) is 5.11 Å². The predicted molar refractivity (Wildman–Crippen MR) is 54.7 cm³/mol. The summed E-state index contributed by atoms with van der Waals surface area (Å²) in [6.07, 6.45) is -4.67. The van der Waals surface area contributed by atoms with Crippen LogP contribution in [0.25, 0.3) is 0 Å². The highest BCUT2D eigenvalue weighted by atomic mass is 32.2. The van der Waals surface area contributed by atoms with Crippen LogP contribution in [0.4, 0.5) is 13.2 Å². The zero-order chi connectivity index (χ0) is 13.1. The van der Waals surface area contributed by atoms with Gasteiger partial charge in [0.15, 0.2) is 5.16 Å². The first-order chi connectivity index (χ1) is 7.79. The van der Waals surface area contributed by atoms with Crippen LogP contribution in [0.1, 0.15) is 17.8 Å². The van der Waals surface area contributed by atoms with Crippen molar-refractivity contribution in [2.75, 3.05) is 5.75 Å². The second-order valence-corrected chi connectivity index (χ2v) is 4.23. The first-order valence-corrected chi connectivity index (χ1v) is 5.55.